The van der Waals surface area contributed by atoms with E-state index >= 15 is 0 Å². The summed E-state index contributed by atoms with van der Waals surface area (Å²) in [5.74, 6) is -3.42. The maximum Gasteiger partial charge on any atom is 0.238 e. The molecule has 20 heavy (non-hydrogen) atoms. The third-order valence-electron chi connectivity index (χ3n) is 2.21. The van der Waals surface area contributed by atoms with E-state index in [4.69, 9.17) is 9.88 Å². The molecule has 2 N–H and O–H groups in total. The number of nitrogens with two attached hydrogens (primary N) is 1. The highest BCUT2D eigenvalue weighted by Gasteiger charge is 2.18. The van der Waals surface area contributed by atoms with Crippen LogP contribution in [-0.4, -0.2) is 35.5 Å². The highest BCUT2D eigenvalue weighted by Crippen LogP contribution is 2.25. The first-order valence-corrected chi connectivity index (χ1v) is 8.94. The van der Waals surface area contributed by atoms with Crippen molar-refractivity contribution in [1.29, 1.82) is 0 Å². The molecule has 0 aromatic heterocycles. The van der Waals surface area contributed by atoms with E-state index in [1.807, 2.05) is 0 Å². The van der Waals surface area contributed by atoms with Crippen molar-refractivity contribution >= 4 is 19.9 Å². The first kappa shape index (κ1) is 16.8. The largest absolute Gasteiger partial charge is 0.488 e. The summed E-state index contributed by atoms with van der Waals surface area (Å²) < 4.78 is 75.4. The molecule has 0 unspecified atom stereocenters. The molecule has 0 fully saturated rings. The minimum absolute atomic E-state index is 0.0503. The molecule has 0 aliphatic carbocycles. The Kier molecular flexibility index (Phi) is 5.05. The lowest BCUT2D eigenvalue weighted by molar-refractivity contribution is 0.284. The number of hydrogen-bond donors (Lipinski definition) is 1. The van der Waals surface area contributed by atoms with Crippen molar-refractivity contribution in [3.05, 3.63) is 23.8 Å². The van der Waals surface area contributed by atoms with Gasteiger partial charge in [-0.1, -0.05) is 0 Å². The first-order chi connectivity index (χ1) is 9.00. The first-order valence-electron chi connectivity index (χ1n) is 5.33. The Morgan fingerprint density at radius 2 is 1.65 bits per heavy atom. The standard InChI is InChI=1S/C10H13F2NO5S2/c1-19(14,15)4-2-3-18-10-8(11)5-7(6-9(10)12)20(13,16)17/h5-6H,2-4H2,1H3,(H2,13,16,17). The summed E-state index contributed by atoms with van der Waals surface area (Å²) >= 11 is 0. The fraction of sp³-hybridized carbons (Fsp3) is 0.400. The summed E-state index contributed by atoms with van der Waals surface area (Å²) in [5.41, 5.74) is 0. The molecule has 114 valence electrons. The van der Waals surface area contributed by atoms with E-state index < -0.39 is 42.1 Å². The Morgan fingerprint density at radius 3 is 2.05 bits per heavy atom. The lowest BCUT2D eigenvalue weighted by Crippen LogP contribution is -2.14. The van der Waals surface area contributed by atoms with Crippen LogP contribution in [0, 0.1) is 11.6 Å². The topological polar surface area (TPSA) is 104 Å². The van der Waals surface area contributed by atoms with Gasteiger partial charge in [-0.3, -0.25) is 0 Å². The number of rotatable bonds is 6. The molecule has 1 rings (SSSR count). The highest BCUT2D eigenvalue weighted by molar-refractivity contribution is 7.90. The molecule has 1 aromatic rings. The zero-order valence-corrected chi connectivity index (χ0v) is 12.1. The molecule has 0 aliphatic heterocycles. The molecular formula is C10H13F2NO5S2. The van der Waals surface area contributed by atoms with Gasteiger partial charge in [0.05, 0.1) is 17.3 Å². The molecule has 0 saturated heterocycles. The zero-order chi connectivity index (χ0) is 15.6. The summed E-state index contributed by atoms with van der Waals surface area (Å²) in [7, 11) is -7.41. The Hall–Kier alpha value is -1.26. The normalized spacial score (nSPS) is 12.4. The van der Waals surface area contributed by atoms with E-state index in [1.54, 1.807) is 0 Å². The monoisotopic (exact) mass is 329 g/mol. The zero-order valence-electron chi connectivity index (χ0n) is 10.5. The lowest BCUT2D eigenvalue weighted by Gasteiger charge is -2.09. The molecule has 0 spiro atoms. The Morgan fingerprint density at radius 1 is 1.15 bits per heavy atom. The average molecular weight is 329 g/mol. The molecule has 6 nitrogen and oxygen atoms in total. The van der Waals surface area contributed by atoms with Crippen LogP contribution in [0.3, 0.4) is 0 Å². The van der Waals surface area contributed by atoms with Crippen molar-refractivity contribution < 1.29 is 30.4 Å². The molecule has 10 heteroatoms. The quantitative estimate of drug-likeness (QED) is 0.762. The average Bonchev–Trinajstić information content (AvgIpc) is 2.23. The minimum Gasteiger partial charge on any atom is -0.488 e. The maximum absolute atomic E-state index is 13.5. The molecule has 0 bridgehead atoms. The van der Waals surface area contributed by atoms with Crippen molar-refractivity contribution in [3.8, 4) is 5.75 Å². The van der Waals surface area contributed by atoms with Crippen molar-refractivity contribution in [2.45, 2.75) is 11.3 Å². The van der Waals surface area contributed by atoms with Gasteiger partial charge in [0.1, 0.15) is 9.84 Å². The van der Waals surface area contributed by atoms with Gasteiger partial charge in [-0.05, 0) is 18.6 Å². The summed E-state index contributed by atoms with van der Waals surface area (Å²) in [5, 5.41) is 4.75. The van der Waals surface area contributed by atoms with Gasteiger partial charge < -0.3 is 4.74 Å². The second-order valence-electron chi connectivity index (χ2n) is 4.09. The van der Waals surface area contributed by atoms with E-state index in [2.05, 4.69) is 0 Å². The SMILES string of the molecule is CS(=O)(=O)CCCOc1c(F)cc(S(N)(=O)=O)cc1F. The predicted octanol–water partition coefficient (Wildman–Crippen LogP) is 0.426. The number of sulfonamides is 1. The van der Waals surface area contributed by atoms with Crippen LogP contribution in [0.4, 0.5) is 8.78 Å². The number of sulfone groups is 1. The van der Waals surface area contributed by atoms with Crippen molar-refractivity contribution in [3.63, 3.8) is 0 Å². The van der Waals surface area contributed by atoms with E-state index in [9.17, 15) is 25.6 Å². The molecule has 0 atom stereocenters. The summed E-state index contributed by atoms with van der Waals surface area (Å²) in [6.07, 6.45) is 1.07. The number of ether oxygens (including phenoxy) is 1. The summed E-state index contributed by atoms with van der Waals surface area (Å²) in [6, 6.07) is 1.06. The van der Waals surface area contributed by atoms with Crippen molar-refractivity contribution in [1.82, 2.24) is 0 Å². The fourth-order valence-electron chi connectivity index (χ4n) is 1.33. The molecule has 1 aromatic carbocycles. The molecule has 0 saturated carbocycles. The van der Waals surface area contributed by atoms with Gasteiger partial charge in [0.2, 0.25) is 10.0 Å². The Labute approximate surface area is 115 Å². The fourth-order valence-corrected chi connectivity index (χ4v) is 2.51. The maximum atomic E-state index is 13.5. The third kappa shape index (κ3) is 5.02. The van der Waals surface area contributed by atoms with E-state index in [-0.39, 0.29) is 18.8 Å². The molecule has 0 aliphatic rings. The number of benzene rings is 1. The van der Waals surface area contributed by atoms with Gasteiger partial charge in [0.25, 0.3) is 0 Å². The van der Waals surface area contributed by atoms with Crippen LogP contribution < -0.4 is 9.88 Å². The van der Waals surface area contributed by atoms with Gasteiger partial charge in [0, 0.05) is 6.26 Å². The van der Waals surface area contributed by atoms with Crippen LogP contribution in [0.25, 0.3) is 0 Å². The number of hydrogen-bond acceptors (Lipinski definition) is 5. The van der Waals surface area contributed by atoms with Crippen LogP contribution in [0.5, 0.6) is 5.75 Å². The Balaban J connectivity index is 2.83. The van der Waals surface area contributed by atoms with Crippen LogP contribution >= 0.6 is 0 Å². The van der Waals surface area contributed by atoms with E-state index in [0.29, 0.717) is 12.1 Å². The van der Waals surface area contributed by atoms with E-state index in [1.165, 1.54) is 0 Å². The smallest absolute Gasteiger partial charge is 0.238 e. The molecule has 0 amide bonds. The second-order valence-corrected chi connectivity index (χ2v) is 7.91. The van der Waals surface area contributed by atoms with Gasteiger partial charge in [-0.25, -0.2) is 30.8 Å². The van der Waals surface area contributed by atoms with Gasteiger partial charge in [-0.15, -0.1) is 0 Å². The lowest BCUT2D eigenvalue weighted by atomic mass is 10.3. The predicted molar refractivity (Wildman–Crippen MR) is 67.6 cm³/mol. The van der Waals surface area contributed by atoms with Crippen LogP contribution in [-0.2, 0) is 19.9 Å². The molecule has 0 radical (unpaired) electrons. The summed E-state index contributed by atoms with van der Waals surface area (Å²) in [6.45, 7) is -0.227. The molecular weight excluding hydrogens is 316 g/mol. The van der Waals surface area contributed by atoms with Gasteiger partial charge >= 0.3 is 0 Å². The Bertz CT molecular complexity index is 677. The van der Waals surface area contributed by atoms with Gasteiger partial charge in [0.15, 0.2) is 17.4 Å². The van der Waals surface area contributed by atoms with Crippen LogP contribution in [0.2, 0.25) is 0 Å². The van der Waals surface area contributed by atoms with Crippen molar-refractivity contribution in [2.75, 3.05) is 18.6 Å². The second kappa shape index (κ2) is 6.02. The molecule has 0 heterocycles. The summed E-state index contributed by atoms with van der Waals surface area (Å²) in [4.78, 5) is -0.712. The van der Waals surface area contributed by atoms with Crippen LogP contribution in [0.1, 0.15) is 6.42 Å². The highest BCUT2D eigenvalue weighted by atomic mass is 32.2. The van der Waals surface area contributed by atoms with E-state index in [0.717, 1.165) is 6.26 Å². The third-order valence-corrected chi connectivity index (χ3v) is 4.13. The van der Waals surface area contributed by atoms with Gasteiger partial charge in [-0.2, -0.15) is 0 Å². The number of halogens is 2. The van der Waals surface area contributed by atoms with Crippen LogP contribution in [0.15, 0.2) is 17.0 Å². The number of primary sulfonamides is 1. The minimum atomic E-state index is -4.22. The van der Waals surface area contributed by atoms with Crippen molar-refractivity contribution in [2.24, 2.45) is 5.14 Å².